The lowest BCUT2D eigenvalue weighted by Crippen LogP contribution is -2.43. The van der Waals surface area contributed by atoms with Crippen LogP contribution in [0, 0.1) is 17.2 Å². The maximum atomic E-state index is 12.5. The summed E-state index contributed by atoms with van der Waals surface area (Å²) in [5.41, 5.74) is 1.03. The summed E-state index contributed by atoms with van der Waals surface area (Å²) < 4.78 is 43.0. The molecule has 1 saturated heterocycles. The average molecular weight is 342 g/mol. The summed E-state index contributed by atoms with van der Waals surface area (Å²) in [5.74, 6) is -0.107. The third-order valence-electron chi connectivity index (χ3n) is 4.24. The zero-order chi connectivity index (χ0) is 17.7. The summed E-state index contributed by atoms with van der Waals surface area (Å²) in [7, 11) is 0. The van der Waals surface area contributed by atoms with Crippen LogP contribution in [0.2, 0.25) is 0 Å². The van der Waals surface area contributed by atoms with Crippen LogP contribution >= 0.6 is 0 Å². The lowest BCUT2D eigenvalue weighted by Gasteiger charge is -2.34. The van der Waals surface area contributed by atoms with Crippen LogP contribution in [0.5, 0.6) is 5.75 Å². The van der Waals surface area contributed by atoms with Crippen LogP contribution in [0.3, 0.4) is 0 Å². The molecule has 2 atom stereocenters. The number of nitrogens with zero attached hydrogens (tertiary/aromatic N) is 2. The first-order valence-electron chi connectivity index (χ1n) is 7.92. The zero-order valence-electron chi connectivity index (χ0n) is 13.5. The fraction of sp³-hybridized carbons (Fsp3) is 0.588. The molecule has 4 nitrogen and oxygen atoms in total. The molecule has 0 saturated carbocycles. The molecule has 0 aromatic heterocycles. The summed E-state index contributed by atoms with van der Waals surface area (Å²) in [6.07, 6.45) is -6.61. The van der Waals surface area contributed by atoms with Gasteiger partial charge >= 0.3 is 6.18 Å². The summed E-state index contributed by atoms with van der Waals surface area (Å²) in [4.78, 5) is 2.08. The summed E-state index contributed by atoms with van der Waals surface area (Å²) in [6.45, 7) is 3.36. The van der Waals surface area contributed by atoms with Crippen molar-refractivity contribution in [1.82, 2.24) is 4.90 Å². The van der Waals surface area contributed by atoms with Gasteiger partial charge in [-0.3, -0.25) is 4.90 Å². The first kappa shape index (κ1) is 18.6. The molecule has 1 aliphatic heterocycles. The number of piperidine rings is 1. The molecule has 1 aromatic carbocycles. The highest BCUT2D eigenvalue weighted by atomic mass is 19.4. The Hall–Kier alpha value is -1.78. The van der Waals surface area contributed by atoms with Crippen molar-refractivity contribution in [2.45, 2.75) is 44.7 Å². The largest absolute Gasteiger partial charge is 0.476 e. The van der Waals surface area contributed by atoms with Gasteiger partial charge in [0.25, 0.3) is 0 Å². The Bertz CT molecular complexity index is 561. The number of hydrogen-bond acceptors (Lipinski definition) is 4. The molecule has 0 amide bonds. The van der Waals surface area contributed by atoms with Gasteiger partial charge in [-0.25, -0.2) is 0 Å². The second-order valence-corrected chi connectivity index (χ2v) is 6.13. The number of likely N-dealkylation sites (tertiary alicyclic amines) is 1. The van der Waals surface area contributed by atoms with E-state index in [1.54, 1.807) is 19.1 Å². The van der Waals surface area contributed by atoms with Crippen LogP contribution in [0.15, 0.2) is 24.3 Å². The fourth-order valence-electron chi connectivity index (χ4n) is 2.86. The number of ether oxygens (including phenoxy) is 1. The Labute approximate surface area is 139 Å². The van der Waals surface area contributed by atoms with Gasteiger partial charge in [0.2, 0.25) is 0 Å². The van der Waals surface area contributed by atoms with E-state index >= 15 is 0 Å². The molecule has 0 spiro atoms. The maximum absolute atomic E-state index is 12.5. The number of alkyl halides is 3. The zero-order valence-corrected chi connectivity index (χ0v) is 13.5. The Balaban J connectivity index is 1.83. The molecular formula is C17H21F3N2O2. The Kier molecular flexibility index (Phi) is 6.08. The Morgan fingerprint density at radius 1 is 1.29 bits per heavy atom. The smallest absolute Gasteiger partial charge is 0.414 e. The molecule has 2 unspecified atom stereocenters. The van der Waals surface area contributed by atoms with Gasteiger partial charge in [0, 0.05) is 6.54 Å². The number of halogens is 3. The predicted octanol–water partition coefficient (Wildman–Crippen LogP) is 3.11. The van der Waals surface area contributed by atoms with Crippen molar-refractivity contribution in [3.05, 3.63) is 29.8 Å². The molecule has 132 valence electrons. The summed E-state index contributed by atoms with van der Waals surface area (Å²) in [5, 5.41) is 18.0. The standard InChI is InChI=1S/C17H21F3N2O2/c1-12(10-21)24-15-4-2-13(3-5-15)11-22-8-6-14(7-9-22)16(23)17(18,19)20/h2-5,12,14,16,23H,6-9,11H2,1H3. The van der Waals surface area contributed by atoms with Gasteiger partial charge in [0.05, 0.1) is 0 Å². The number of nitriles is 1. The predicted molar refractivity (Wildman–Crippen MR) is 82.2 cm³/mol. The van der Waals surface area contributed by atoms with Crippen molar-refractivity contribution in [2.75, 3.05) is 13.1 Å². The van der Waals surface area contributed by atoms with Crippen LogP contribution in [0.4, 0.5) is 13.2 Å². The lowest BCUT2D eigenvalue weighted by atomic mass is 9.90. The molecule has 1 heterocycles. The van der Waals surface area contributed by atoms with Crippen molar-refractivity contribution < 1.29 is 23.0 Å². The normalized spacial score (nSPS) is 19.5. The van der Waals surface area contributed by atoms with E-state index in [4.69, 9.17) is 10.00 Å². The molecule has 1 aliphatic rings. The van der Waals surface area contributed by atoms with Crippen molar-refractivity contribution in [3.8, 4) is 11.8 Å². The molecule has 2 rings (SSSR count). The second-order valence-electron chi connectivity index (χ2n) is 6.13. The van der Waals surface area contributed by atoms with Crippen molar-refractivity contribution in [1.29, 1.82) is 5.26 Å². The van der Waals surface area contributed by atoms with E-state index in [1.165, 1.54) is 0 Å². The van der Waals surface area contributed by atoms with E-state index in [-0.39, 0.29) is 0 Å². The van der Waals surface area contributed by atoms with E-state index in [0.29, 0.717) is 38.2 Å². The topological polar surface area (TPSA) is 56.5 Å². The highest BCUT2D eigenvalue weighted by Gasteiger charge is 2.44. The quantitative estimate of drug-likeness (QED) is 0.893. The SMILES string of the molecule is CC(C#N)Oc1ccc(CN2CCC(C(O)C(F)(F)F)CC2)cc1. The van der Waals surface area contributed by atoms with Gasteiger partial charge in [0.1, 0.15) is 11.8 Å². The minimum atomic E-state index is -4.54. The highest BCUT2D eigenvalue weighted by Crippen LogP contribution is 2.32. The summed E-state index contributed by atoms with van der Waals surface area (Å²) in [6, 6.07) is 9.32. The molecule has 7 heteroatoms. The molecule has 0 bridgehead atoms. The van der Waals surface area contributed by atoms with E-state index in [9.17, 15) is 18.3 Å². The van der Waals surface area contributed by atoms with Crippen molar-refractivity contribution in [3.63, 3.8) is 0 Å². The summed E-state index contributed by atoms with van der Waals surface area (Å²) >= 11 is 0. The third-order valence-corrected chi connectivity index (χ3v) is 4.24. The van der Waals surface area contributed by atoms with Crippen LogP contribution in [0.1, 0.15) is 25.3 Å². The number of aliphatic hydroxyl groups excluding tert-OH is 1. The second kappa shape index (κ2) is 7.86. The van der Waals surface area contributed by atoms with E-state index < -0.39 is 24.3 Å². The van der Waals surface area contributed by atoms with E-state index in [1.807, 2.05) is 18.2 Å². The molecule has 1 N–H and O–H groups in total. The van der Waals surface area contributed by atoms with Crippen molar-refractivity contribution in [2.24, 2.45) is 5.92 Å². The number of hydrogen-bond donors (Lipinski definition) is 1. The van der Waals surface area contributed by atoms with Gasteiger partial charge in [-0.2, -0.15) is 18.4 Å². The van der Waals surface area contributed by atoms with Gasteiger partial charge in [-0.1, -0.05) is 12.1 Å². The maximum Gasteiger partial charge on any atom is 0.414 e. The van der Waals surface area contributed by atoms with Crippen LogP contribution in [0.25, 0.3) is 0 Å². The van der Waals surface area contributed by atoms with E-state index in [0.717, 1.165) is 5.56 Å². The fourth-order valence-corrected chi connectivity index (χ4v) is 2.86. The highest BCUT2D eigenvalue weighted by molar-refractivity contribution is 5.27. The molecule has 0 aliphatic carbocycles. The minimum absolute atomic E-state index is 0.335. The van der Waals surface area contributed by atoms with Crippen LogP contribution < -0.4 is 4.74 Å². The van der Waals surface area contributed by atoms with Crippen LogP contribution in [-0.2, 0) is 6.54 Å². The monoisotopic (exact) mass is 342 g/mol. The number of rotatable bonds is 5. The van der Waals surface area contributed by atoms with E-state index in [2.05, 4.69) is 4.90 Å². The molecule has 0 radical (unpaired) electrons. The molecular weight excluding hydrogens is 321 g/mol. The number of aliphatic hydroxyl groups is 1. The van der Waals surface area contributed by atoms with Gasteiger partial charge in [-0.15, -0.1) is 0 Å². The molecule has 1 fully saturated rings. The Morgan fingerprint density at radius 2 is 1.88 bits per heavy atom. The Morgan fingerprint density at radius 3 is 2.38 bits per heavy atom. The minimum Gasteiger partial charge on any atom is -0.476 e. The average Bonchev–Trinajstić information content (AvgIpc) is 2.55. The first-order chi connectivity index (χ1) is 11.3. The first-order valence-corrected chi connectivity index (χ1v) is 7.92. The van der Waals surface area contributed by atoms with Crippen molar-refractivity contribution >= 4 is 0 Å². The third kappa shape index (κ3) is 5.11. The molecule has 24 heavy (non-hydrogen) atoms. The number of benzene rings is 1. The van der Waals surface area contributed by atoms with Gasteiger partial charge in [0.15, 0.2) is 12.2 Å². The lowest BCUT2D eigenvalue weighted by molar-refractivity contribution is -0.223. The van der Waals surface area contributed by atoms with Gasteiger partial charge < -0.3 is 9.84 Å². The molecule has 1 aromatic rings. The van der Waals surface area contributed by atoms with Crippen LogP contribution in [-0.4, -0.2) is 41.5 Å². The van der Waals surface area contributed by atoms with Gasteiger partial charge in [-0.05, 0) is 56.5 Å².